The molecular formula is C21H23FN4. The molecule has 2 aromatic heterocycles. The molecule has 0 amide bonds. The number of nitrogens with one attached hydrogen (secondary N) is 1. The molecule has 1 aliphatic rings. The predicted octanol–water partition coefficient (Wildman–Crippen LogP) is 4.18. The quantitative estimate of drug-likeness (QED) is 0.751. The van der Waals surface area contributed by atoms with E-state index in [1.54, 1.807) is 6.20 Å². The second-order valence-electron chi connectivity index (χ2n) is 7.01. The third-order valence-electron chi connectivity index (χ3n) is 4.97. The maximum absolute atomic E-state index is 13.1. The summed E-state index contributed by atoms with van der Waals surface area (Å²) in [7, 11) is 0. The predicted molar refractivity (Wildman–Crippen MR) is 99.2 cm³/mol. The first-order valence-corrected chi connectivity index (χ1v) is 9.11. The highest BCUT2D eigenvalue weighted by Gasteiger charge is 2.28. The van der Waals surface area contributed by atoms with Gasteiger partial charge in [0.25, 0.3) is 0 Å². The number of nitrogens with zero attached hydrogens (tertiary/aromatic N) is 3. The average Bonchev–Trinajstić information content (AvgIpc) is 3.29. The molecule has 0 radical (unpaired) electrons. The highest BCUT2D eigenvalue weighted by atomic mass is 19.1. The van der Waals surface area contributed by atoms with Crippen molar-refractivity contribution in [3.63, 3.8) is 0 Å². The van der Waals surface area contributed by atoms with Crippen molar-refractivity contribution >= 4 is 0 Å². The van der Waals surface area contributed by atoms with Crippen molar-refractivity contribution in [1.82, 2.24) is 19.9 Å². The summed E-state index contributed by atoms with van der Waals surface area (Å²) >= 11 is 0. The van der Waals surface area contributed by atoms with E-state index in [-0.39, 0.29) is 5.82 Å². The maximum atomic E-state index is 13.1. The zero-order valence-electron chi connectivity index (χ0n) is 15.0. The van der Waals surface area contributed by atoms with Crippen molar-refractivity contribution in [2.75, 3.05) is 6.54 Å². The van der Waals surface area contributed by atoms with Gasteiger partial charge < -0.3 is 4.98 Å². The Morgan fingerprint density at radius 1 is 1.19 bits per heavy atom. The summed E-state index contributed by atoms with van der Waals surface area (Å²) < 4.78 is 13.1. The van der Waals surface area contributed by atoms with Crippen LogP contribution in [0.2, 0.25) is 0 Å². The van der Waals surface area contributed by atoms with Gasteiger partial charge in [0, 0.05) is 18.1 Å². The molecule has 1 atom stereocenters. The van der Waals surface area contributed by atoms with E-state index in [4.69, 9.17) is 4.98 Å². The molecule has 1 aromatic carbocycles. The number of rotatable bonds is 5. The first-order chi connectivity index (χ1) is 12.7. The molecule has 1 saturated heterocycles. The summed E-state index contributed by atoms with van der Waals surface area (Å²) in [5.41, 5.74) is 4.50. The van der Waals surface area contributed by atoms with Crippen LogP contribution in [0.25, 0.3) is 0 Å². The van der Waals surface area contributed by atoms with Crippen molar-refractivity contribution in [3.05, 3.63) is 82.9 Å². The van der Waals surface area contributed by atoms with Gasteiger partial charge >= 0.3 is 0 Å². The van der Waals surface area contributed by atoms with Crippen LogP contribution < -0.4 is 0 Å². The normalized spacial score (nSPS) is 17.7. The zero-order valence-corrected chi connectivity index (χ0v) is 15.0. The van der Waals surface area contributed by atoms with Gasteiger partial charge in [-0.3, -0.25) is 9.88 Å². The molecular weight excluding hydrogens is 327 g/mol. The van der Waals surface area contributed by atoms with E-state index in [2.05, 4.69) is 27.0 Å². The lowest BCUT2D eigenvalue weighted by atomic mass is 10.0. The molecule has 1 fully saturated rings. The molecule has 3 heterocycles. The molecule has 0 saturated carbocycles. The first kappa shape index (κ1) is 16.9. The van der Waals surface area contributed by atoms with Crippen molar-refractivity contribution in [1.29, 1.82) is 0 Å². The Bertz CT molecular complexity index is 858. The highest BCUT2D eigenvalue weighted by Crippen LogP contribution is 2.32. The van der Waals surface area contributed by atoms with E-state index < -0.39 is 0 Å². The fourth-order valence-corrected chi connectivity index (χ4v) is 3.81. The van der Waals surface area contributed by atoms with Crippen LogP contribution in [0.4, 0.5) is 4.39 Å². The molecule has 1 aliphatic heterocycles. The summed E-state index contributed by atoms with van der Waals surface area (Å²) in [4.78, 5) is 14.8. The van der Waals surface area contributed by atoms with E-state index in [9.17, 15) is 4.39 Å². The minimum atomic E-state index is -0.195. The molecule has 26 heavy (non-hydrogen) atoms. The summed E-state index contributed by atoms with van der Waals surface area (Å²) in [6.07, 6.45) is 6.75. The summed E-state index contributed by atoms with van der Waals surface area (Å²) in [5, 5.41) is 0. The van der Waals surface area contributed by atoms with Crippen LogP contribution in [-0.2, 0) is 13.0 Å². The van der Waals surface area contributed by atoms with E-state index >= 15 is 0 Å². The number of likely N-dealkylation sites (tertiary alicyclic amines) is 1. The monoisotopic (exact) mass is 350 g/mol. The Balaban J connectivity index is 1.55. The van der Waals surface area contributed by atoms with Crippen LogP contribution in [0.15, 0.2) is 48.8 Å². The first-order valence-electron chi connectivity index (χ1n) is 9.11. The van der Waals surface area contributed by atoms with E-state index in [1.165, 1.54) is 24.1 Å². The van der Waals surface area contributed by atoms with Gasteiger partial charge in [-0.1, -0.05) is 12.1 Å². The number of aromatic amines is 1. The summed E-state index contributed by atoms with van der Waals surface area (Å²) in [5.74, 6) is 0.802. The van der Waals surface area contributed by atoms with Gasteiger partial charge in [0.2, 0.25) is 0 Å². The molecule has 3 aromatic rings. The molecule has 134 valence electrons. The topological polar surface area (TPSA) is 44.8 Å². The van der Waals surface area contributed by atoms with Crippen molar-refractivity contribution in [2.45, 2.75) is 38.8 Å². The number of hydrogen-bond acceptors (Lipinski definition) is 3. The van der Waals surface area contributed by atoms with Gasteiger partial charge in [-0.15, -0.1) is 0 Å². The minimum absolute atomic E-state index is 0.195. The second kappa shape index (κ2) is 7.38. The number of aromatic nitrogens is 3. The third-order valence-corrected chi connectivity index (χ3v) is 4.97. The van der Waals surface area contributed by atoms with Gasteiger partial charge in [-0.05, 0) is 68.1 Å². The van der Waals surface area contributed by atoms with Crippen molar-refractivity contribution in [2.24, 2.45) is 0 Å². The maximum Gasteiger partial charge on any atom is 0.123 e. The van der Waals surface area contributed by atoms with Crippen LogP contribution in [0, 0.1) is 12.7 Å². The fourth-order valence-electron chi connectivity index (χ4n) is 3.81. The lowest BCUT2D eigenvalue weighted by molar-refractivity contribution is 0.239. The molecule has 0 aliphatic carbocycles. The zero-order chi connectivity index (χ0) is 17.9. The SMILES string of the molecule is Cc1cc(Cc2ccc(F)cc2)cc([C@@H]2CCCN2Cc2ncc[nH]2)n1. The van der Waals surface area contributed by atoms with Crippen molar-refractivity contribution in [3.8, 4) is 0 Å². The Kier molecular flexibility index (Phi) is 4.80. The van der Waals surface area contributed by atoms with Crippen LogP contribution in [0.5, 0.6) is 0 Å². The molecule has 0 unspecified atom stereocenters. The van der Waals surface area contributed by atoms with Gasteiger partial charge in [0.1, 0.15) is 11.6 Å². The lowest BCUT2D eigenvalue weighted by Gasteiger charge is -2.24. The molecule has 4 rings (SSSR count). The number of benzene rings is 1. The van der Waals surface area contributed by atoms with Crippen LogP contribution in [0.3, 0.4) is 0 Å². The van der Waals surface area contributed by atoms with Crippen molar-refractivity contribution < 1.29 is 4.39 Å². The molecule has 0 spiro atoms. The van der Waals surface area contributed by atoms with E-state index in [1.807, 2.05) is 25.3 Å². The van der Waals surface area contributed by atoms with Gasteiger partial charge in [-0.2, -0.15) is 0 Å². The van der Waals surface area contributed by atoms with Gasteiger partial charge in [0.15, 0.2) is 0 Å². The number of hydrogen-bond donors (Lipinski definition) is 1. The largest absolute Gasteiger partial charge is 0.348 e. The number of H-pyrrole nitrogens is 1. The van der Waals surface area contributed by atoms with Crippen LogP contribution in [-0.4, -0.2) is 26.4 Å². The Hall–Kier alpha value is -2.53. The molecule has 1 N–H and O–H groups in total. The van der Waals surface area contributed by atoms with E-state index in [0.29, 0.717) is 6.04 Å². The van der Waals surface area contributed by atoms with Gasteiger partial charge in [-0.25, -0.2) is 9.37 Å². The summed E-state index contributed by atoms with van der Waals surface area (Å²) in [6, 6.07) is 11.4. The average molecular weight is 350 g/mol. The third kappa shape index (κ3) is 3.83. The Morgan fingerprint density at radius 3 is 2.81 bits per heavy atom. The number of imidazole rings is 1. The fraction of sp³-hybridized carbons (Fsp3) is 0.333. The second-order valence-corrected chi connectivity index (χ2v) is 7.01. The highest BCUT2D eigenvalue weighted by molar-refractivity contribution is 5.30. The van der Waals surface area contributed by atoms with Crippen LogP contribution >= 0.6 is 0 Å². The molecule has 0 bridgehead atoms. The lowest BCUT2D eigenvalue weighted by Crippen LogP contribution is -2.24. The number of pyridine rings is 1. The van der Waals surface area contributed by atoms with E-state index in [0.717, 1.165) is 48.7 Å². The summed E-state index contributed by atoms with van der Waals surface area (Å²) in [6.45, 7) is 3.93. The standard InChI is InChI=1S/C21H23FN4/c1-15-11-17(12-16-4-6-18(22)7-5-16)13-19(25-15)20-3-2-10-26(20)14-21-23-8-9-24-21/h4-9,11,13,20H,2-3,10,12,14H2,1H3,(H,23,24)/t20-/m0/s1. The Labute approximate surface area is 153 Å². The molecule has 4 nitrogen and oxygen atoms in total. The van der Waals surface area contributed by atoms with Gasteiger partial charge in [0.05, 0.1) is 18.3 Å². The Morgan fingerprint density at radius 2 is 2.04 bits per heavy atom. The minimum Gasteiger partial charge on any atom is -0.348 e. The number of halogens is 1. The smallest absolute Gasteiger partial charge is 0.123 e. The molecule has 5 heteroatoms. The number of aryl methyl sites for hydroxylation is 1. The van der Waals surface area contributed by atoms with Crippen LogP contribution in [0.1, 0.15) is 47.2 Å².